The van der Waals surface area contributed by atoms with E-state index in [2.05, 4.69) is 212 Å². The van der Waals surface area contributed by atoms with Gasteiger partial charge in [-0.25, -0.2) is 15.0 Å². The lowest BCUT2D eigenvalue weighted by Gasteiger charge is -2.15. The van der Waals surface area contributed by atoms with Crippen LogP contribution >= 0.6 is 0 Å². The summed E-state index contributed by atoms with van der Waals surface area (Å²) in [5, 5.41) is 7.43. The van der Waals surface area contributed by atoms with Crippen molar-refractivity contribution in [2.45, 2.75) is 0 Å². The molecule has 0 N–H and O–H groups in total. The molecule has 0 unspecified atom stereocenters. The van der Waals surface area contributed by atoms with E-state index < -0.39 is 0 Å². The maximum absolute atomic E-state index is 5.25. The largest absolute Gasteiger partial charge is 0.208 e. The summed E-state index contributed by atoms with van der Waals surface area (Å²) in [6.07, 6.45) is 0. The van der Waals surface area contributed by atoms with Gasteiger partial charge in [-0.05, 0) is 89.0 Å². The van der Waals surface area contributed by atoms with Crippen molar-refractivity contribution >= 4 is 32.3 Å². The molecule has 3 nitrogen and oxygen atoms in total. The normalized spacial score (nSPS) is 11.3. The Morgan fingerprint density at radius 2 is 0.717 bits per heavy atom. The molecule has 1 heterocycles. The minimum atomic E-state index is 0.620. The van der Waals surface area contributed by atoms with E-state index in [9.17, 15) is 0 Å². The summed E-state index contributed by atoms with van der Waals surface area (Å²) in [5.41, 5.74) is 11.9. The maximum Gasteiger partial charge on any atom is 0.164 e. The van der Waals surface area contributed by atoms with Gasteiger partial charge in [-0.3, -0.25) is 0 Å². The highest BCUT2D eigenvalue weighted by Crippen LogP contribution is 2.40. The number of rotatable bonds is 7. The van der Waals surface area contributed by atoms with Gasteiger partial charge in [0.15, 0.2) is 17.5 Å². The standard InChI is InChI=1S/C57H37N3/c1-3-14-38(15-4-1)40-26-28-42(29-27-40)48-22-11-12-25-52(48)57-59-55(58-56(60-57)47-21-13-20-45(36-47)39-16-5-2-6-17-39)44-32-30-43(31-33-44)54-50-24-10-8-19-46(50)37-53-49-23-9-7-18-41(49)34-35-51(53)54/h1-37H. The fraction of sp³-hybridized carbons (Fsp3) is 0. The molecule has 0 atom stereocenters. The first-order valence-electron chi connectivity index (χ1n) is 20.3. The molecule has 0 bridgehead atoms. The Hall–Kier alpha value is -8.01. The minimum Gasteiger partial charge on any atom is -0.208 e. The van der Waals surface area contributed by atoms with Crippen LogP contribution in [-0.2, 0) is 0 Å². The van der Waals surface area contributed by atoms with Crippen LogP contribution < -0.4 is 0 Å². The second-order valence-electron chi connectivity index (χ2n) is 15.2. The SMILES string of the molecule is c1ccc(-c2ccc(-c3ccccc3-c3nc(-c4ccc(-c5c6ccccc6cc6c5ccc5ccccc56)cc4)nc(-c4cccc(-c5ccccc5)c4)n3)cc2)cc1. The Balaban J connectivity index is 1.05. The number of hydrogen-bond donors (Lipinski definition) is 0. The van der Waals surface area contributed by atoms with E-state index >= 15 is 0 Å². The van der Waals surface area contributed by atoms with Gasteiger partial charge in [0.1, 0.15) is 0 Å². The second kappa shape index (κ2) is 15.1. The van der Waals surface area contributed by atoms with Crippen molar-refractivity contribution in [3.8, 4) is 78.7 Å². The van der Waals surface area contributed by atoms with Crippen LogP contribution in [0.5, 0.6) is 0 Å². The fourth-order valence-corrected chi connectivity index (χ4v) is 8.54. The molecule has 60 heavy (non-hydrogen) atoms. The molecule has 0 amide bonds. The van der Waals surface area contributed by atoms with Crippen molar-refractivity contribution in [2.24, 2.45) is 0 Å². The number of aromatic nitrogens is 3. The van der Waals surface area contributed by atoms with Crippen LogP contribution in [0.2, 0.25) is 0 Å². The third kappa shape index (κ3) is 6.49. The Morgan fingerprint density at radius 3 is 1.47 bits per heavy atom. The third-order valence-electron chi connectivity index (χ3n) is 11.5. The molecule has 0 aliphatic heterocycles. The Bertz CT molecular complexity index is 3340. The smallest absolute Gasteiger partial charge is 0.164 e. The Morgan fingerprint density at radius 1 is 0.217 bits per heavy atom. The van der Waals surface area contributed by atoms with Crippen LogP contribution in [0.25, 0.3) is 111 Å². The molecule has 0 saturated heterocycles. The molecule has 0 spiro atoms. The van der Waals surface area contributed by atoms with Gasteiger partial charge in [0, 0.05) is 16.7 Å². The fourth-order valence-electron chi connectivity index (χ4n) is 8.54. The van der Waals surface area contributed by atoms with E-state index in [-0.39, 0.29) is 0 Å². The third-order valence-corrected chi connectivity index (χ3v) is 11.5. The van der Waals surface area contributed by atoms with Crippen molar-refractivity contribution < 1.29 is 0 Å². The van der Waals surface area contributed by atoms with E-state index in [0.717, 1.165) is 44.5 Å². The van der Waals surface area contributed by atoms with E-state index in [1.165, 1.54) is 49.0 Å². The summed E-state index contributed by atoms with van der Waals surface area (Å²) >= 11 is 0. The molecular weight excluding hydrogens is 727 g/mol. The summed E-state index contributed by atoms with van der Waals surface area (Å²) < 4.78 is 0. The van der Waals surface area contributed by atoms with Crippen LogP contribution in [0.4, 0.5) is 0 Å². The van der Waals surface area contributed by atoms with Gasteiger partial charge in [0.2, 0.25) is 0 Å². The van der Waals surface area contributed by atoms with Crippen molar-refractivity contribution in [1.82, 2.24) is 15.0 Å². The average molecular weight is 764 g/mol. The van der Waals surface area contributed by atoms with Gasteiger partial charge in [-0.1, -0.05) is 212 Å². The molecule has 0 saturated carbocycles. The molecule has 10 aromatic carbocycles. The van der Waals surface area contributed by atoms with E-state index in [1.807, 2.05) is 12.1 Å². The number of benzene rings is 10. The summed E-state index contributed by atoms with van der Waals surface area (Å²) in [6, 6.07) is 79.4. The zero-order valence-corrected chi connectivity index (χ0v) is 32.7. The second-order valence-corrected chi connectivity index (χ2v) is 15.2. The highest BCUT2D eigenvalue weighted by atomic mass is 15.0. The zero-order valence-electron chi connectivity index (χ0n) is 32.7. The molecule has 11 rings (SSSR count). The van der Waals surface area contributed by atoms with Gasteiger partial charge >= 0.3 is 0 Å². The van der Waals surface area contributed by atoms with Gasteiger partial charge in [0.05, 0.1) is 0 Å². The van der Waals surface area contributed by atoms with Gasteiger partial charge < -0.3 is 0 Å². The number of fused-ring (bicyclic) bond motifs is 4. The average Bonchev–Trinajstić information content (AvgIpc) is 3.34. The first kappa shape index (κ1) is 35.2. The van der Waals surface area contributed by atoms with Crippen molar-refractivity contribution in [2.75, 3.05) is 0 Å². The van der Waals surface area contributed by atoms with Crippen molar-refractivity contribution in [3.05, 3.63) is 224 Å². The number of nitrogens with zero attached hydrogens (tertiary/aromatic N) is 3. The van der Waals surface area contributed by atoms with E-state index in [1.54, 1.807) is 0 Å². The maximum atomic E-state index is 5.25. The molecule has 0 aliphatic rings. The van der Waals surface area contributed by atoms with Crippen LogP contribution in [-0.4, -0.2) is 15.0 Å². The van der Waals surface area contributed by atoms with E-state index in [4.69, 9.17) is 15.0 Å². The predicted octanol–water partition coefficient (Wildman–Crippen LogP) is 15.0. The molecule has 0 aliphatic carbocycles. The van der Waals surface area contributed by atoms with Gasteiger partial charge in [0.25, 0.3) is 0 Å². The van der Waals surface area contributed by atoms with Crippen LogP contribution in [0.3, 0.4) is 0 Å². The Labute approximate surface area is 349 Å². The molecule has 3 heteroatoms. The van der Waals surface area contributed by atoms with Crippen molar-refractivity contribution in [3.63, 3.8) is 0 Å². The summed E-state index contributed by atoms with van der Waals surface area (Å²) in [5.74, 6) is 1.87. The van der Waals surface area contributed by atoms with Crippen LogP contribution in [0.15, 0.2) is 224 Å². The molecule has 280 valence electrons. The topological polar surface area (TPSA) is 38.7 Å². The molecule has 0 radical (unpaired) electrons. The summed E-state index contributed by atoms with van der Waals surface area (Å²) in [4.78, 5) is 15.7. The molecule has 0 fully saturated rings. The van der Waals surface area contributed by atoms with Gasteiger partial charge in [-0.2, -0.15) is 0 Å². The minimum absolute atomic E-state index is 0.620. The molecule has 1 aromatic heterocycles. The molecular formula is C57H37N3. The first-order chi connectivity index (χ1) is 29.7. The Kier molecular flexibility index (Phi) is 8.83. The van der Waals surface area contributed by atoms with Crippen LogP contribution in [0.1, 0.15) is 0 Å². The lowest BCUT2D eigenvalue weighted by atomic mass is 9.89. The highest BCUT2D eigenvalue weighted by molar-refractivity contribution is 6.20. The first-order valence-corrected chi connectivity index (χ1v) is 20.3. The van der Waals surface area contributed by atoms with Crippen molar-refractivity contribution in [1.29, 1.82) is 0 Å². The monoisotopic (exact) mass is 763 g/mol. The summed E-state index contributed by atoms with van der Waals surface area (Å²) in [7, 11) is 0. The molecule has 11 aromatic rings. The summed E-state index contributed by atoms with van der Waals surface area (Å²) in [6.45, 7) is 0. The lowest BCUT2D eigenvalue weighted by molar-refractivity contribution is 1.07. The van der Waals surface area contributed by atoms with Gasteiger partial charge in [-0.15, -0.1) is 0 Å². The predicted molar refractivity (Wildman–Crippen MR) is 250 cm³/mol. The highest BCUT2D eigenvalue weighted by Gasteiger charge is 2.18. The zero-order chi connectivity index (χ0) is 39.8. The number of hydrogen-bond acceptors (Lipinski definition) is 3. The lowest BCUT2D eigenvalue weighted by Crippen LogP contribution is -2.01. The van der Waals surface area contributed by atoms with Crippen LogP contribution in [0, 0.1) is 0 Å². The quantitative estimate of drug-likeness (QED) is 0.120. The van der Waals surface area contributed by atoms with E-state index in [0.29, 0.717) is 17.5 Å².